The van der Waals surface area contributed by atoms with E-state index in [1.807, 2.05) is 0 Å². The number of nitrogens with zero attached hydrogens (tertiary/aromatic N) is 1. The van der Waals surface area contributed by atoms with Gasteiger partial charge in [0.05, 0.1) is 9.50 Å². The van der Waals surface area contributed by atoms with E-state index in [9.17, 15) is 14.7 Å². The lowest BCUT2D eigenvalue weighted by Gasteiger charge is -2.06. The van der Waals surface area contributed by atoms with Crippen molar-refractivity contribution in [3.63, 3.8) is 0 Å². The van der Waals surface area contributed by atoms with Crippen LogP contribution in [0.15, 0.2) is 22.3 Å². The summed E-state index contributed by atoms with van der Waals surface area (Å²) in [6.07, 6.45) is 1.51. The molecule has 7 heteroatoms. The Bertz CT molecular complexity index is 578. The Morgan fingerprint density at radius 2 is 2.16 bits per heavy atom. The summed E-state index contributed by atoms with van der Waals surface area (Å²) >= 11 is 8.99. The SMILES string of the molecule is CCN1C(=O)N/C(=C/c2cc(Cl)c(O)c(Br)c2)C1=O. The van der Waals surface area contributed by atoms with E-state index in [1.165, 1.54) is 12.1 Å². The minimum atomic E-state index is -0.442. The summed E-state index contributed by atoms with van der Waals surface area (Å²) in [6.45, 7) is 2.02. The van der Waals surface area contributed by atoms with Gasteiger partial charge in [0.1, 0.15) is 11.4 Å². The van der Waals surface area contributed by atoms with E-state index in [0.29, 0.717) is 16.6 Å². The summed E-state index contributed by atoms with van der Waals surface area (Å²) in [7, 11) is 0. The summed E-state index contributed by atoms with van der Waals surface area (Å²) in [6, 6.07) is 2.66. The first-order valence-electron chi connectivity index (χ1n) is 5.46. The average molecular weight is 346 g/mol. The number of aromatic hydroxyl groups is 1. The molecule has 1 fully saturated rings. The van der Waals surface area contributed by atoms with Crippen LogP contribution in [0.3, 0.4) is 0 Å². The van der Waals surface area contributed by atoms with E-state index in [-0.39, 0.29) is 22.4 Å². The molecule has 0 aromatic heterocycles. The molecule has 0 unspecified atom stereocenters. The number of rotatable bonds is 2. The van der Waals surface area contributed by atoms with Crippen molar-refractivity contribution in [2.24, 2.45) is 0 Å². The van der Waals surface area contributed by atoms with Crippen LogP contribution in [0, 0.1) is 0 Å². The van der Waals surface area contributed by atoms with Gasteiger partial charge < -0.3 is 10.4 Å². The predicted octanol–water partition coefficient (Wildman–Crippen LogP) is 2.72. The second-order valence-electron chi connectivity index (χ2n) is 3.87. The van der Waals surface area contributed by atoms with Crippen molar-refractivity contribution in [3.8, 4) is 5.75 Å². The van der Waals surface area contributed by atoms with Gasteiger partial charge in [0.15, 0.2) is 0 Å². The molecule has 1 aliphatic rings. The van der Waals surface area contributed by atoms with E-state index < -0.39 is 6.03 Å². The number of benzene rings is 1. The van der Waals surface area contributed by atoms with Crippen LogP contribution < -0.4 is 5.32 Å². The van der Waals surface area contributed by atoms with Crippen LogP contribution >= 0.6 is 27.5 Å². The molecule has 1 aliphatic heterocycles. The van der Waals surface area contributed by atoms with Gasteiger partial charge in [0, 0.05) is 6.54 Å². The van der Waals surface area contributed by atoms with Gasteiger partial charge >= 0.3 is 6.03 Å². The molecule has 0 radical (unpaired) electrons. The summed E-state index contributed by atoms with van der Waals surface area (Å²) < 4.78 is 0.413. The molecule has 2 N–H and O–H groups in total. The third-order valence-corrected chi connectivity index (χ3v) is 3.52. The zero-order valence-electron chi connectivity index (χ0n) is 9.91. The molecule has 5 nitrogen and oxygen atoms in total. The highest BCUT2D eigenvalue weighted by Gasteiger charge is 2.31. The van der Waals surface area contributed by atoms with Gasteiger partial charge in [0.25, 0.3) is 5.91 Å². The Kier molecular flexibility index (Phi) is 3.82. The Morgan fingerprint density at radius 1 is 1.47 bits per heavy atom. The number of halogens is 2. The Labute approximate surface area is 123 Å². The largest absolute Gasteiger partial charge is 0.505 e. The Hall–Kier alpha value is -1.53. The normalized spacial score (nSPS) is 17.2. The lowest BCUT2D eigenvalue weighted by molar-refractivity contribution is -0.122. The Morgan fingerprint density at radius 3 is 2.68 bits per heavy atom. The third-order valence-electron chi connectivity index (χ3n) is 2.63. The van der Waals surface area contributed by atoms with Gasteiger partial charge in [-0.3, -0.25) is 9.69 Å². The molecule has 1 aromatic carbocycles. The number of phenolic OH excluding ortho intramolecular Hbond substituents is 1. The molecular formula is C12H10BrClN2O3. The summed E-state index contributed by atoms with van der Waals surface area (Å²) in [5, 5.41) is 12.2. The molecule has 100 valence electrons. The molecule has 2 rings (SSSR count). The first-order valence-corrected chi connectivity index (χ1v) is 6.63. The molecule has 0 atom stereocenters. The smallest absolute Gasteiger partial charge is 0.328 e. The number of phenols is 1. The fraction of sp³-hybridized carbons (Fsp3) is 0.167. The standard InChI is InChI=1S/C12H10BrClN2O3/c1-2-16-11(18)9(15-12(16)19)5-6-3-7(13)10(17)8(14)4-6/h3-5,17H,2H2,1H3,(H,15,19)/b9-5+. The first kappa shape index (κ1) is 13.9. The first-order chi connectivity index (χ1) is 8.93. The highest BCUT2D eigenvalue weighted by molar-refractivity contribution is 9.10. The van der Waals surface area contributed by atoms with Crippen molar-refractivity contribution >= 4 is 45.5 Å². The lowest BCUT2D eigenvalue weighted by atomic mass is 10.2. The van der Waals surface area contributed by atoms with Crippen LogP contribution in [-0.2, 0) is 4.79 Å². The number of hydrogen-bond acceptors (Lipinski definition) is 3. The van der Waals surface area contributed by atoms with Crippen LogP contribution in [-0.4, -0.2) is 28.5 Å². The monoisotopic (exact) mass is 344 g/mol. The van der Waals surface area contributed by atoms with Gasteiger partial charge in [-0.25, -0.2) is 4.79 Å². The topological polar surface area (TPSA) is 69.6 Å². The van der Waals surface area contributed by atoms with Gasteiger partial charge in [-0.15, -0.1) is 0 Å². The molecule has 1 saturated heterocycles. The number of carbonyl (C=O) groups excluding carboxylic acids is 2. The third kappa shape index (κ3) is 2.59. The number of amides is 3. The number of nitrogens with one attached hydrogen (secondary N) is 1. The van der Waals surface area contributed by atoms with E-state index in [4.69, 9.17) is 11.6 Å². The van der Waals surface area contributed by atoms with Crippen LogP contribution in [0.5, 0.6) is 5.75 Å². The number of imide groups is 1. The highest BCUT2D eigenvalue weighted by Crippen LogP contribution is 2.33. The molecule has 0 bridgehead atoms. The van der Waals surface area contributed by atoms with Crippen molar-refractivity contribution < 1.29 is 14.7 Å². The second-order valence-corrected chi connectivity index (χ2v) is 5.13. The molecular weight excluding hydrogens is 336 g/mol. The van der Waals surface area contributed by atoms with Crippen LogP contribution in [0.25, 0.3) is 6.08 Å². The van der Waals surface area contributed by atoms with Crippen molar-refractivity contribution in [1.82, 2.24) is 10.2 Å². The maximum absolute atomic E-state index is 11.9. The van der Waals surface area contributed by atoms with E-state index in [2.05, 4.69) is 21.2 Å². The number of hydrogen-bond donors (Lipinski definition) is 2. The fourth-order valence-electron chi connectivity index (χ4n) is 1.69. The van der Waals surface area contributed by atoms with Crippen LogP contribution in [0.1, 0.15) is 12.5 Å². The molecule has 0 spiro atoms. The quantitative estimate of drug-likeness (QED) is 0.639. The molecule has 1 aromatic rings. The maximum atomic E-state index is 11.9. The highest BCUT2D eigenvalue weighted by atomic mass is 79.9. The van der Waals surface area contributed by atoms with Gasteiger partial charge in [0.2, 0.25) is 0 Å². The summed E-state index contributed by atoms with van der Waals surface area (Å²) in [5.74, 6) is -0.450. The second kappa shape index (κ2) is 5.22. The van der Waals surface area contributed by atoms with Gasteiger partial charge in [-0.2, -0.15) is 0 Å². The maximum Gasteiger partial charge on any atom is 0.328 e. The van der Waals surface area contributed by atoms with Crippen molar-refractivity contribution in [2.75, 3.05) is 6.54 Å². The van der Waals surface area contributed by atoms with Crippen LogP contribution in [0.4, 0.5) is 4.79 Å². The number of urea groups is 1. The van der Waals surface area contributed by atoms with E-state index >= 15 is 0 Å². The molecule has 0 saturated carbocycles. The van der Waals surface area contributed by atoms with Gasteiger partial charge in [-0.1, -0.05) is 11.6 Å². The predicted molar refractivity (Wildman–Crippen MR) is 74.7 cm³/mol. The van der Waals surface area contributed by atoms with Crippen molar-refractivity contribution in [2.45, 2.75) is 6.92 Å². The van der Waals surface area contributed by atoms with E-state index in [1.54, 1.807) is 13.0 Å². The minimum absolute atomic E-state index is 0.0687. The molecule has 1 heterocycles. The molecule has 19 heavy (non-hydrogen) atoms. The number of likely N-dealkylation sites (N-methyl/N-ethyl adjacent to an activating group) is 1. The summed E-state index contributed by atoms with van der Waals surface area (Å²) in [5.41, 5.74) is 0.775. The Balaban J connectivity index is 2.38. The minimum Gasteiger partial charge on any atom is -0.505 e. The zero-order valence-corrected chi connectivity index (χ0v) is 12.2. The lowest BCUT2D eigenvalue weighted by Crippen LogP contribution is -2.30. The van der Waals surface area contributed by atoms with Gasteiger partial charge in [-0.05, 0) is 46.6 Å². The number of carbonyl (C=O) groups is 2. The van der Waals surface area contributed by atoms with E-state index in [0.717, 1.165) is 4.90 Å². The fourth-order valence-corrected chi connectivity index (χ4v) is 2.51. The summed E-state index contributed by atoms with van der Waals surface area (Å²) in [4.78, 5) is 24.5. The average Bonchev–Trinajstić information content (AvgIpc) is 2.61. The molecule has 3 amide bonds. The van der Waals surface area contributed by atoms with Crippen molar-refractivity contribution in [1.29, 1.82) is 0 Å². The molecule has 0 aliphatic carbocycles. The van der Waals surface area contributed by atoms with Crippen molar-refractivity contribution in [3.05, 3.63) is 32.9 Å². The zero-order chi connectivity index (χ0) is 14.2. The van der Waals surface area contributed by atoms with Crippen LogP contribution in [0.2, 0.25) is 5.02 Å².